The number of nitrogens with one attached hydrogen (secondary N) is 1. The van der Waals surface area contributed by atoms with Crippen molar-refractivity contribution in [3.8, 4) is 0 Å². The Morgan fingerprint density at radius 2 is 1.96 bits per heavy atom. The smallest absolute Gasteiger partial charge is 0.225 e. The summed E-state index contributed by atoms with van der Waals surface area (Å²) in [5, 5.41) is 8.75. The van der Waals surface area contributed by atoms with Gasteiger partial charge in [-0.2, -0.15) is 0 Å². The summed E-state index contributed by atoms with van der Waals surface area (Å²) < 4.78 is 13.1. The number of amidine groups is 1. The van der Waals surface area contributed by atoms with Crippen LogP contribution in [-0.2, 0) is 0 Å². The summed E-state index contributed by atoms with van der Waals surface area (Å²) in [4.78, 5) is 12.5. The number of aromatic nitrogens is 2. The van der Waals surface area contributed by atoms with Gasteiger partial charge in [0.05, 0.1) is 17.9 Å². The number of nitrogens with two attached hydrogens (primary N) is 1. The quantitative estimate of drug-likeness (QED) is 0.497. The summed E-state index contributed by atoms with van der Waals surface area (Å²) in [7, 11) is 0. The molecule has 0 bridgehead atoms. The second-order valence-corrected chi connectivity index (χ2v) is 6.89. The van der Waals surface area contributed by atoms with Crippen molar-refractivity contribution >= 4 is 17.5 Å². The molecule has 2 aromatic rings. The maximum absolute atomic E-state index is 13.1. The molecule has 1 aliphatic heterocycles. The van der Waals surface area contributed by atoms with Crippen LogP contribution in [-0.4, -0.2) is 45.9 Å². The number of hydrogen-bond acceptors (Lipinski definition) is 5. The summed E-state index contributed by atoms with van der Waals surface area (Å²) in [6.07, 6.45) is 4.45. The number of nitrogens with zero attached hydrogens (tertiary/aromatic N) is 4. The van der Waals surface area contributed by atoms with E-state index in [1.165, 1.54) is 12.4 Å². The van der Waals surface area contributed by atoms with Crippen LogP contribution in [0.1, 0.15) is 24.0 Å². The van der Waals surface area contributed by atoms with Gasteiger partial charge < -0.3 is 15.5 Å². The van der Waals surface area contributed by atoms with E-state index in [1.807, 2.05) is 25.1 Å². The van der Waals surface area contributed by atoms with Gasteiger partial charge >= 0.3 is 0 Å². The summed E-state index contributed by atoms with van der Waals surface area (Å²) >= 11 is 0. The first-order valence-corrected chi connectivity index (χ1v) is 8.44. The highest BCUT2D eigenvalue weighted by Crippen LogP contribution is 2.45. The van der Waals surface area contributed by atoms with Crippen LogP contribution in [0.3, 0.4) is 0 Å². The lowest BCUT2D eigenvalue weighted by molar-refractivity contribution is 0.257. The van der Waals surface area contributed by atoms with Crippen molar-refractivity contribution in [1.29, 1.82) is 5.41 Å². The van der Waals surface area contributed by atoms with Crippen molar-refractivity contribution in [1.82, 2.24) is 14.9 Å². The van der Waals surface area contributed by atoms with Crippen molar-refractivity contribution in [2.45, 2.75) is 25.3 Å². The molecule has 1 saturated heterocycles. The predicted molar refractivity (Wildman–Crippen MR) is 95.3 cm³/mol. The van der Waals surface area contributed by atoms with E-state index in [4.69, 9.17) is 11.1 Å². The molecule has 2 fully saturated rings. The molecule has 0 unspecified atom stereocenters. The Kier molecular flexibility index (Phi) is 3.59. The van der Waals surface area contributed by atoms with E-state index < -0.39 is 5.82 Å². The molecule has 0 radical (unpaired) electrons. The number of piperazine rings is 1. The maximum Gasteiger partial charge on any atom is 0.225 e. The lowest BCUT2D eigenvalue weighted by Gasteiger charge is -2.43. The van der Waals surface area contributed by atoms with E-state index in [9.17, 15) is 4.39 Å². The number of hydrogen-bond donors (Lipinski definition) is 2. The first kappa shape index (κ1) is 15.8. The van der Waals surface area contributed by atoms with Crippen molar-refractivity contribution in [2.24, 2.45) is 0 Å². The third-order valence-corrected chi connectivity index (χ3v) is 5.18. The predicted octanol–water partition coefficient (Wildman–Crippen LogP) is 2.19. The van der Waals surface area contributed by atoms with Crippen LogP contribution in [0.25, 0.3) is 0 Å². The monoisotopic (exact) mass is 340 g/mol. The minimum Gasteiger partial charge on any atom is -0.398 e. The SMILES string of the molecule is Cc1cccc(N)c1C(=N)N1CCN(c2ncc(F)cn2)CC12CC2. The minimum absolute atomic E-state index is 0.0677. The number of benzene rings is 1. The fraction of sp³-hybridized carbons (Fsp3) is 0.389. The van der Waals surface area contributed by atoms with Gasteiger partial charge in [0.25, 0.3) is 0 Å². The van der Waals surface area contributed by atoms with Gasteiger partial charge in [-0.05, 0) is 31.4 Å². The van der Waals surface area contributed by atoms with E-state index in [2.05, 4.69) is 19.8 Å². The van der Waals surface area contributed by atoms with Gasteiger partial charge in [-0.15, -0.1) is 0 Å². The highest BCUT2D eigenvalue weighted by atomic mass is 19.1. The van der Waals surface area contributed by atoms with Crippen LogP contribution >= 0.6 is 0 Å². The first-order chi connectivity index (χ1) is 12.0. The second kappa shape index (κ2) is 5.68. The van der Waals surface area contributed by atoms with Crippen molar-refractivity contribution in [3.05, 3.63) is 47.5 Å². The number of anilines is 2. The summed E-state index contributed by atoms with van der Waals surface area (Å²) in [5.74, 6) is 0.613. The molecule has 2 heterocycles. The molecule has 1 saturated carbocycles. The molecular formula is C18H21FN6. The molecule has 6 nitrogen and oxygen atoms in total. The van der Waals surface area contributed by atoms with Crippen LogP contribution in [0.5, 0.6) is 0 Å². The van der Waals surface area contributed by atoms with Gasteiger partial charge in [0.2, 0.25) is 5.95 Å². The Hall–Kier alpha value is -2.70. The molecule has 0 amide bonds. The topological polar surface area (TPSA) is 82.1 Å². The third-order valence-electron chi connectivity index (χ3n) is 5.18. The molecule has 1 aromatic heterocycles. The molecule has 3 N–H and O–H groups in total. The standard InChI is InChI=1S/C18H21FN6/c1-12-3-2-4-14(20)15(12)16(21)25-8-7-24(11-18(25)5-6-18)17-22-9-13(19)10-23-17/h2-4,9-10,21H,5-8,11,20H2,1H3. The molecule has 1 aromatic carbocycles. The highest BCUT2D eigenvalue weighted by Gasteiger charge is 2.53. The Balaban J connectivity index is 1.58. The zero-order valence-electron chi connectivity index (χ0n) is 14.2. The van der Waals surface area contributed by atoms with Crippen molar-refractivity contribution in [2.75, 3.05) is 30.3 Å². The minimum atomic E-state index is -0.430. The maximum atomic E-state index is 13.1. The summed E-state index contributed by atoms with van der Waals surface area (Å²) in [6.45, 7) is 4.13. The van der Waals surface area contributed by atoms with Crippen molar-refractivity contribution < 1.29 is 4.39 Å². The van der Waals surface area contributed by atoms with Gasteiger partial charge in [0, 0.05) is 30.9 Å². The van der Waals surface area contributed by atoms with Crippen LogP contribution in [0.15, 0.2) is 30.6 Å². The lowest BCUT2D eigenvalue weighted by Crippen LogP contribution is -2.57. The van der Waals surface area contributed by atoms with Crippen molar-refractivity contribution in [3.63, 3.8) is 0 Å². The molecule has 4 rings (SSSR count). The highest BCUT2D eigenvalue weighted by molar-refractivity contribution is 6.03. The molecule has 7 heteroatoms. The molecule has 130 valence electrons. The average molecular weight is 340 g/mol. The largest absolute Gasteiger partial charge is 0.398 e. The van der Waals surface area contributed by atoms with Crippen LogP contribution < -0.4 is 10.6 Å². The number of nitrogen functional groups attached to an aromatic ring is 1. The molecular weight excluding hydrogens is 319 g/mol. The third kappa shape index (κ3) is 2.69. The zero-order valence-corrected chi connectivity index (χ0v) is 14.2. The van der Waals surface area contributed by atoms with Crippen LogP contribution in [0, 0.1) is 18.2 Å². The Bertz CT molecular complexity index is 795. The normalized spacial score (nSPS) is 18.5. The van der Waals surface area contributed by atoms with E-state index >= 15 is 0 Å². The van der Waals surface area contributed by atoms with Gasteiger partial charge in [-0.25, -0.2) is 14.4 Å². The number of rotatable bonds is 2. The molecule has 1 aliphatic carbocycles. The van der Waals surface area contributed by atoms with Gasteiger partial charge in [-0.3, -0.25) is 5.41 Å². The van der Waals surface area contributed by atoms with E-state index in [1.54, 1.807) is 0 Å². The molecule has 25 heavy (non-hydrogen) atoms. The lowest BCUT2D eigenvalue weighted by atomic mass is 10.0. The average Bonchev–Trinajstić information content (AvgIpc) is 3.34. The number of halogens is 1. The molecule has 1 spiro atoms. The van der Waals surface area contributed by atoms with Gasteiger partial charge in [-0.1, -0.05) is 12.1 Å². The molecule has 0 atom stereocenters. The van der Waals surface area contributed by atoms with Crippen LogP contribution in [0.2, 0.25) is 0 Å². The second-order valence-electron chi connectivity index (χ2n) is 6.89. The van der Waals surface area contributed by atoms with E-state index in [0.29, 0.717) is 30.6 Å². The van der Waals surface area contributed by atoms with Gasteiger partial charge in [0.15, 0.2) is 5.82 Å². The Labute approximate surface area is 146 Å². The van der Waals surface area contributed by atoms with E-state index in [0.717, 1.165) is 30.5 Å². The van der Waals surface area contributed by atoms with E-state index in [-0.39, 0.29) is 5.54 Å². The molecule has 2 aliphatic rings. The fourth-order valence-electron chi connectivity index (χ4n) is 3.69. The fourth-order valence-corrected chi connectivity index (χ4v) is 3.69. The Morgan fingerprint density at radius 1 is 1.24 bits per heavy atom. The van der Waals surface area contributed by atoms with Gasteiger partial charge in [0.1, 0.15) is 5.84 Å². The summed E-state index contributed by atoms with van der Waals surface area (Å²) in [6, 6.07) is 5.75. The zero-order chi connectivity index (χ0) is 17.6. The number of aryl methyl sites for hydroxylation is 1. The first-order valence-electron chi connectivity index (χ1n) is 8.44. The summed E-state index contributed by atoms with van der Waals surface area (Å²) in [5.41, 5.74) is 8.55. The van der Waals surface area contributed by atoms with Crippen LogP contribution in [0.4, 0.5) is 16.0 Å². The Morgan fingerprint density at radius 3 is 2.60 bits per heavy atom.